The van der Waals surface area contributed by atoms with E-state index in [4.69, 9.17) is 16.0 Å². The van der Waals surface area contributed by atoms with Gasteiger partial charge >= 0.3 is 0 Å². The first-order valence-corrected chi connectivity index (χ1v) is 9.95. The Morgan fingerprint density at radius 2 is 2.13 bits per heavy atom. The molecule has 1 aromatic carbocycles. The molecule has 1 aliphatic heterocycles. The third-order valence-corrected chi connectivity index (χ3v) is 7.16. The molecule has 0 radical (unpaired) electrons. The Kier molecular flexibility index (Phi) is 5.01. The number of furan rings is 1. The molecule has 1 saturated heterocycles. The zero-order valence-corrected chi connectivity index (χ0v) is 14.5. The molecule has 1 aliphatic rings. The van der Waals surface area contributed by atoms with Crippen LogP contribution in [0.1, 0.15) is 17.4 Å². The summed E-state index contributed by atoms with van der Waals surface area (Å²) in [5, 5.41) is -0.0502. The van der Waals surface area contributed by atoms with Crippen LogP contribution in [0, 0.1) is 5.82 Å². The molecular formula is C15H15ClFNO3S2. The summed E-state index contributed by atoms with van der Waals surface area (Å²) in [5.41, 5.74) is 0. The highest BCUT2D eigenvalue weighted by atomic mass is 35.5. The van der Waals surface area contributed by atoms with E-state index in [0.717, 1.165) is 17.9 Å². The van der Waals surface area contributed by atoms with E-state index in [2.05, 4.69) is 0 Å². The van der Waals surface area contributed by atoms with Gasteiger partial charge in [-0.1, -0.05) is 11.6 Å². The van der Waals surface area contributed by atoms with Gasteiger partial charge in [0.15, 0.2) is 0 Å². The fourth-order valence-electron chi connectivity index (χ4n) is 2.48. The van der Waals surface area contributed by atoms with Crippen LogP contribution >= 0.6 is 23.4 Å². The van der Waals surface area contributed by atoms with Gasteiger partial charge in [-0.2, -0.15) is 4.31 Å². The molecule has 2 heterocycles. The number of benzene rings is 1. The molecule has 0 N–H and O–H groups in total. The smallest absolute Gasteiger partial charge is 0.243 e. The minimum absolute atomic E-state index is 0.0188. The highest BCUT2D eigenvalue weighted by Gasteiger charge is 2.29. The second-order valence-electron chi connectivity index (χ2n) is 5.14. The minimum Gasteiger partial charge on any atom is -0.468 e. The lowest BCUT2D eigenvalue weighted by Crippen LogP contribution is -2.33. The molecule has 1 atom stereocenters. The summed E-state index contributed by atoms with van der Waals surface area (Å²) in [7, 11) is -3.68. The van der Waals surface area contributed by atoms with Crippen LogP contribution in [0.5, 0.6) is 0 Å². The zero-order chi connectivity index (χ0) is 16.4. The Labute approximate surface area is 143 Å². The van der Waals surface area contributed by atoms with Crippen molar-refractivity contribution in [1.82, 2.24) is 4.31 Å². The van der Waals surface area contributed by atoms with Gasteiger partial charge in [0.2, 0.25) is 10.0 Å². The lowest BCUT2D eigenvalue weighted by Gasteiger charge is -2.20. The van der Waals surface area contributed by atoms with Crippen molar-refractivity contribution in [1.29, 1.82) is 0 Å². The van der Waals surface area contributed by atoms with Gasteiger partial charge in [0, 0.05) is 18.8 Å². The largest absolute Gasteiger partial charge is 0.468 e. The summed E-state index contributed by atoms with van der Waals surface area (Å²) >= 11 is 7.38. The topological polar surface area (TPSA) is 50.5 Å². The summed E-state index contributed by atoms with van der Waals surface area (Å²) in [4.78, 5) is 0.0188. The summed E-state index contributed by atoms with van der Waals surface area (Å²) < 4.78 is 45.5. The minimum atomic E-state index is -3.68. The van der Waals surface area contributed by atoms with Crippen LogP contribution in [0.4, 0.5) is 4.39 Å². The van der Waals surface area contributed by atoms with E-state index >= 15 is 0 Å². The second-order valence-corrected chi connectivity index (χ2v) is 8.80. The van der Waals surface area contributed by atoms with Gasteiger partial charge in [-0.05, 0) is 36.8 Å². The Bertz CT molecular complexity index is 780. The quantitative estimate of drug-likeness (QED) is 0.815. The van der Waals surface area contributed by atoms with E-state index in [9.17, 15) is 12.8 Å². The average molecular weight is 376 g/mol. The summed E-state index contributed by atoms with van der Waals surface area (Å²) in [6.45, 7) is 0.787. The van der Waals surface area contributed by atoms with E-state index < -0.39 is 15.8 Å². The predicted octanol–water partition coefficient (Wildman–Crippen LogP) is 3.94. The van der Waals surface area contributed by atoms with E-state index in [-0.39, 0.29) is 15.2 Å². The van der Waals surface area contributed by atoms with Gasteiger partial charge in [0.25, 0.3) is 0 Å². The molecule has 0 unspecified atom stereocenters. The summed E-state index contributed by atoms with van der Waals surface area (Å²) in [5.74, 6) is 0.897. The number of nitrogens with zero attached hydrogens (tertiary/aromatic N) is 1. The highest BCUT2D eigenvalue weighted by Crippen LogP contribution is 2.35. The van der Waals surface area contributed by atoms with Crippen molar-refractivity contribution in [3.8, 4) is 0 Å². The third-order valence-electron chi connectivity index (χ3n) is 3.69. The van der Waals surface area contributed by atoms with Gasteiger partial charge in [-0.3, -0.25) is 0 Å². The molecule has 0 bridgehead atoms. The standard InChI is InChI=1S/C15H15ClFNO3S2/c16-12-10-11(3-4-13(12)17)23(19,20)18-6-5-15(22-9-7-18)14-2-1-8-21-14/h1-4,8,10,15H,5-7,9H2/t15-/m1/s1. The second kappa shape index (κ2) is 6.84. The lowest BCUT2D eigenvalue weighted by atomic mass is 10.2. The molecule has 2 aromatic rings. The van der Waals surface area contributed by atoms with Gasteiger partial charge in [0.1, 0.15) is 11.6 Å². The molecule has 0 spiro atoms. The van der Waals surface area contributed by atoms with E-state index in [0.29, 0.717) is 25.3 Å². The average Bonchev–Trinajstić information content (AvgIpc) is 2.94. The van der Waals surface area contributed by atoms with Gasteiger partial charge in [0.05, 0.1) is 21.4 Å². The van der Waals surface area contributed by atoms with Crippen molar-refractivity contribution in [2.24, 2.45) is 0 Å². The Hall–Kier alpha value is -1.02. The first-order chi connectivity index (χ1) is 11.0. The molecule has 8 heteroatoms. The van der Waals surface area contributed by atoms with Crippen molar-refractivity contribution in [2.75, 3.05) is 18.8 Å². The number of sulfonamides is 1. The van der Waals surface area contributed by atoms with E-state index in [1.54, 1.807) is 18.0 Å². The van der Waals surface area contributed by atoms with Crippen LogP contribution in [0.15, 0.2) is 45.9 Å². The van der Waals surface area contributed by atoms with Crippen LogP contribution in [-0.4, -0.2) is 31.6 Å². The van der Waals surface area contributed by atoms with Crippen molar-refractivity contribution >= 4 is 33.4 Å². The number of rotatable bonds is 3. The van der Waals surface area contributed by atoms with Crippen molar-refractivity contribution < 1.29 is 17.2 Å². The molecule has 4 nitrogen and oxygen atoms in total. The molecule has 124 valence electrons. The van der Waals surface area contributed by atoms with Crippen molar-refractivity contribution in [2.45, 2.75) is 16.6 Å². The van der Waals surface area contributed by atoms with Crippen LogP contribution in [-0.2, 0) is 10.0 Å². The normalized spacial score (nSPS) is 20.3. The van der Waals surface area contributed by atoms with E-state index in [1.165, 1.54) is 10.4 Å². The monoisotopic (exact) mass is 375 g/mol. The first kappa shape index (κ1) is 16.8. The van der Waals surface area contributed by atoms with Crippen LogP contribution in [0.3, 0.4) is 0 Å². The lowest BCUT2D eigenvalue weighted by molar-refractivity contribution is 0.417. The Balaban J connectivity index is 1.79. The van der Waals surface area contributed by atoms with Crippen molar-refractivity contribution in [3.05, 3.63) is 53.2 Å². The molecule has 1 aromatic heterocycles. The number of hydrogen-bond acceptors (Lipinski definition) is 4. The maximum Gasteiger partial charge on any atom is 0.243 e. The van der Waals surface area contributed by atoms with E-state index in [1.807, 2.05) is 12.1 Å². The van der Waals surface area contributed by atoms with Crippen LogP contribution in [0.25, 0.3) is 0 Å². The fourth-order valence-corrected chi connectivity index (χ4v) is 5.50. The number of thioether (sulfide) groups is 1. The molecule has 0 saturated carbocycles. The zero-order valence-electron chi connectivity index (χ0n) is 12.1. The van der Waals surface area contributed by atoms with Gasteiger partial charge < -0.3 is 4.42 Å². The highest BCUT2D eigenvalue weighted by molar-refractivity contribution is 7.99. The first-order valence-electron chi connectivity index (χ1n) is 7.08. The fraction of sp³-hybridized carbons (Fsp3) is 0.333. The predicted molar refractivity (Wildman–Crippen MR) is 88.7 cm³/mol. The van der Waals surface area contributed by atoms with Crippen LogP contribution in [0.2, 0.25) is 5.02 Å². The summed E-state index contributed by atoms with van der Waals surface area (Å²) in [6.07, 6.45) is 2.28. The number of hydrogen-bond donors (Lipinski definition) is 0. The van der Waals surface area contributed by atoms with Gasteiger partial charge in [-0.25, -0.2) is 12.8 Å². The number of halogens is 2. The molecule has 0 aliphatic carbocycles. The maximum atomic E-state index is 13.2. The molecule has 23 heavy (non-hydrogen) atoms. The maximum absolute atomic E-state index is 13.2. The SMILES string of the molecule is O=S(=O)(c1ccc(F)c(Cl)c1)N1CCS[C@@H](c2ccco2)CC1. The Morgan fingerprint density at radius 3 is 2.83 bits per heavy atom. The van der Waals surface area contributed by atoms with Gasteiger partial charge in [-0.15, -0.1) is 11.8 Å². The van der Waals surface area contributed by atoms with Crippen LogP contribution < -0.4 is 0 Å². The third kappa shape index (κ3) is 3.57. The molecule has 0 amide bonds. The molecular weight excluding hydrogens is 361 g/mol. The molecule has 3 rings (SSSR count). The summed E-state index contributed by atoms with van der Waals surface area (Å²) in [6, 6.07) is 7.22. The van der Waals surface area contributed by atoms with Crippen molar-refractivity contribution in [3.63, 3.8) is 0 Å². The Morgan fingerprint density at radius 1 is 1.30 bits per heavy atom. The molecule has 1 fully saturated rings.